The van der Waals surface area contributed by atoms with Crippen LogP contribution in [0.2, 0.25) is 5.02 Å². The zero-order valence-corrected chi connectivity index (χ0v) is 13.0. The first-order chi connectivity index (χ1) is 9.40. The third-order valence-corrected chi connectivity index (χ3v) is 3.43. The van der Waals surface area contributed by atoms with E-state index < -0.39 is 11.9 Å². The molecule has 0 spiro atoms. The van der Waals surface area contributed by atoms with Crippen LogP contribution in [0.3, 0.4) is 0 Å². The zero-order chi connectivity index (χ0) is 15.3. The second-order valence-corrected chi connectivity index (χ2v) is 5.27. The number of rotatable bonds is 6. The summed E-state index contributed by atoms with van der Waals surface area (Å²) < 4.78 is 14.0. The third kappa shape index (κ3) is 3.91. The molecule has 0 aliphatic rings. The van der Waals surface area contributed by atoms with Gasteiger partial charge in [-0.25, -0.2) is 4.39 Å². The van der Waals surface area contributed by atoms with E-state index in [4.69, 9.17) is 11.6 Å². The van der Waals surface area contributed by atoms with Crippen LogP contribution >= 0.6 is 11.6 Å². The van der Waals surface area contributed by atoms with Gasteiger partial charge in [-0.15, -0.1) is 0 Å². The standard InChI is InChI=1S/C14H21ClFN3O/c1-17-8-9-19(4)14(20)13(18(2)3)12-10(15)6-5-7-11(12)16/h5-7,13,17H,8-9H2,1-4H3. The molecule has 0 bridgehead atoms. The Morgan fingerprint density at radius 2 is 2.05 bits per heavy atom. The predicted molar refractivity (Wildman–Crippen MR) is 79.4 cm³/mol. The highest BCUT2D eigenvalue weighted by Gasteiger charge is 2.30. The van der Waals surface area contributed by atoms with Crippen molar-refractivity contribution in [3.63, 3.8) is 0 Å². The average Bonchev–Trinajstić information content (AvgIpc) is 2.39. The van der Waals surface area contributed by atoms with E-state index in [0.717, 1.165) is 0 Å². The molecule has 1 amide bonds. The second-order valence-electron chi connectivity index (χ2n) is 4.86. The molecule has 112 valence electrons. The summed E-state index contributed by atoms with van der Waals surface area (Å²) >= 11 is 6.07. The monoisotopic (exact) mass is 301 g/mol. The van der Waals surface area contributed by atoms with Crippen molar-refractivity contribution in [2.75, 3.05) is 41.3 Å². The van der Waals surface area contributed by atoms with Crippen molar-refractivity contribution in [2.24, 2.45) is 0 Å². The Balaban J connectivity index is 3.09. The van der Waals surface area contributed by atoms with Gasteiger partial charge in [-0.05, 0) is 33.3 Å². The molecule has 0 fully saturated rings. The number of benzene rings is 1. The summed E-state index contributed by atoms with van der Waals surface area (Å²) in [6, 6.07) is 3.71. The fourth-order valence-electron chi connectivity index (χ4n) is 1.97. The van der Waals surface area contributed by atoms with Crippen molar-refractivity contribution in [1.29, 1.82) is 0 Å². The molecule has 0 heterocycles. The number of hydrogen-bond acceptors (Lipinski definition) is 3. The van der Waals surface area contributed by atoms with Gasteiger partial charge in [0.2, 0.25) is 5.91 Å². The van der Waals surface area contributed by atoms with E-state index in [9.17, 15) is 9.18 Å². The van der Waals surface area contributed by atoms with E-state index in [1.54, 1.807) is 37.0 Å². The van der Waals surface area contributed by atoms with Crippen LogP contribution in [0.25, 0.3) is 0 Å². The van der Waals surface area contributed by atoms with Crippen LogP contribution in [0.1, 0.15) is 11.6 Å². The Bertz CT molecular complexity index is 447. The van der Waals surface area contributed by atoms with Gasteiger partial charge in [0.25, 0.3) is 0 Å². The second kappa shape index (κ2) is 7.57. The molecule has 0 radical (unpaired) electrons. The van der Waals surface area contributed by atoms with Gasteiger partial charge in [0.1, 0.15) is 11.9 Å². The van der Waals surface area contributed by atoms with E-state index in [2.05, 4.69) is 5.32 Å². The SMILES string of the molecule is CNCCN(C)C(=O)C(c1c(F)cccc1Cl)N(C)C. The van der Waals surface area contributed by atoms with E-state index in [1.807, 2.05) is 7.05 Å². The number of nitrogens with one attached hydrogen (secondary N) is 1. The van der Waals surface area contributed by atoms with Crippen LogP contribution in [-0.2, 0) is 4.79 Å². The molecule has 1 aromatic rings. The predicted octanol–water partition coefficient (Wildman–Crippen LogP) is 1.76. The fraction of sp³-hybridized carbons (Fsp3) is 0.500. The Morgan fingerprint density at radius 3 is 2.55 bits per heavy atom. The van der Waals surface area contributed by atoms with Crippen molar-refractivity contribution in [2.45, 2.75) is 6.04 Å². The average molecular weight is 302 g/mol. The van der Waals surface area contributed by atoms with Crippen LogP contribution in [0.15, 0.2) is 18.2 Å². The maximum atomic E-state index is 14.0. The van der Waals surface area contributed by atoms with Gasteiger partial charge in [-0.3, -0.25) is 9.69 Å². The maximum absolute atomic E-state index is 14.0. The van der Waals surface area contributed by atoms with Gasteiger partial charge in [0.05, 0.1) is 0 Å². The highest BCUT2D eigenvalue weighted by molar-refractivity contribution is 6.31. The van der Waals surface area contributed by atoms with Crippen molar-refractivity contribution in [3.05, 3.63) is 34.6 Å². The smallest absolute Gasteiger partial charge is 0.244 e. The lowest BCUT2D eigenvalue weighted by Gasteiger charge is -2.29. The minimum absolute atomic E-state index is 0.183. The lowest BCUT2D eigenvalue weighted by atomic mass is 10.0. The molecule has 1 unspecified atom stereocenters. The molecule has 4 nitrogen and oxygen atoms in total. The molecule has 1 atom stereocenters. The lowest BCUT2D eigenvalue weighted by Crippen LogP contribution is -2.41. The van der Waals surface area contributed by atoms with Gasteiger partial charge in [0.15, 0.2) is 0 Å². The number of hydrogen-bond donors (Lipinski definition) is 1. The summed E-state index contributed by atoms with van der Waals surface area (Å²) in [5.74, 6) is -0.649. The molecule has 0 aliphatic heterocycles. The van der Waals surface area contributed by atoms with Crippen LogP contribution < -0.4 is 5.32 Å². The third-order valence-electron chi connectivity index (χ3n) is 3.10. The molecule has 1 aromatic carbocycles. The maximum Gasteiger partial charge on any atom is 0.244 e. The zero-order valence-electron chi connectivity index (χ0n) is 12.3. The first-order valence-corrected chi connectivity index (χ1v) is 6.77. The molecule has 0 aliphatic carbocycles. The largest absolute Gasteiger partial charge is 0.343 e. The van der Waals surface area contributed by atoms with E-state index in [-0.39, 0.29) is 16.5 Å². The van der Waals surface area contributed by atoms with Crippen LogP contribution in [0.4, 0.5) is 4.39 Å². The molecular formula is C14H21ClFN3O. The van der Waals surface area contributed by atoms with Gasteiger partial charge in [-0.1, -0.05) is 17.7 Å². The summed E-state index contributed by atoms with van der Waals surface area (Å²) in [4.78, 5) is 15.8. The molecule has 1 rings (SSSR count). The van der Waals surface area contributed by atoms with Crippen molar-refractivity contribution in [1.82, 2.24) is 15.1 Å². The summed E-state index contributed by atoms with van der Waals surface area (Å²) in [6.07, 6.45) is 0. The lowest BCUT2D eigenvalue weighted by molar-refractivity contribution is -0.135. The van der Waals surface area contributed by atoms with Crippen molar-refractivity contribution in [3.8, 4) is 0 Å². The first kappa shape index (κ1) is 16.9. The van der Waals surface area contributed by atoms with E-state index in [1.165, 1.54) is 12.1 Å². The Labute approximate surface area is 124 Å². The van der Waals surface area contributed by atoms with E-state index in [0.29, 0.717) is 13.1 Å². The molecular weight excluding hydrogens is 281 g/mol. The van der Waals surface area contributed by atoms with Crippen molar-refractivity contribution >= 4 is 17.5 Å². The van der Waals surface area contributed by atoms with Gasteiger partial charge in [0, 0.05) is 30.7 Å². The molecule has 0 saturated carbocycles. The quantitative estimate of drug-likeness (QED) is 0.870. The Hall–Kier alpha value is -1.17. The summed E-state index contributed by atoms with van der Waals surface area (Å²) in [5, 5.41) is 3.24. The van der Waals surface area contributed by atoms with Gasteiger partial charge >= 0.3 is 0 Å². The number of carbonyl (C=O) groups excluding carboxylic acids is 1. The first-order valence-electron chi connectivity index (χ1n) is 6.40. The number of carbonyl (C=O) groups is 1. The number of likely N-dealkylation sites (N-methyl/N-ethyl adjacent to an activating group) is 3. The van der Waals surface area contributed by atoms with Gasteiger partial charge in [-0.2, -0.15) is 0 Å². The minimum Gasteiger partial charge on any atom is -0.343 e. The highest BCUT2D eigenvalue weighted by atomic mass is 35.5. The fourth-order valence-corrected chi connectivity index (χ4v) is 2.24. The normalized spacial score (nSPS) is 12.6. The van der Waals surface area contributed by atoms with Crippen LogP contribution in [-0.4, -0.2) is 57.0 Å². The summed E-state index contributed by atoms with van der Waals surface area (Å²) in [6.45, 7) is 1.22. The Kier molecular flexibility index (Phi) is 6.39. The minimum atomic E-state index is -0.731. The molecule has 1 N–H and O–H groups in total. The molecule has 20 heavy (non-hydrogen) atoms. The van der Waals surface area contributed by atoms with E-state index >= 15 is 0 Å². The van der Waals surface area contributed by atoms with Gasteiger partial charge < -0.3 is 10.2 Å². The number of nitrogens with zero attached hydrogens (tertiary/aromatic N) is 2. The van der Waals surface area contributed by atoms with Crippen molar-refractivity contribution < 1.29 is 9.18 Å². The summed E-state index contributed by atoms with van der Waals surface area (Å²) in [7, 11) is 6.98. The van der Waals surface area contributed by atoms with Crippen LogP contribution in [0.5, 0.6) is 0 Å². The molecule has 6 heteroatoms. The molecule has 0 aromatic heterocycles. The number of halogens is 2. The topological polar surface area (TPSA) is 35.6 Å². The molecule has 0 saturated heterocycles. The Morgan fingerprint density at radius 1 is 1.40 bits per heavy atom. The summed E-state index contributed by atoms with van der Waals surface area (Å²) in [5.41, 5.74) is 0.223. The number of amides is 1. The van der Waals surface area contributed by atoms with Crippen LogP contribution in [0, 0.1) is 5.82 Å². The highest BCUT2D eigenvalue weighted by Crippen LogP contribution is 2.30.